The van der Waals surface area contributed by atoms with Crippen LogP contribution in [0.4, 0.5) is 0 Å². The summed E-state index contributed by atoms with van der Waals surface area (Å²) in [5.74, 6) is 0.491. The molecule has 0 bridgehead atoms. The second-order valence-corrected chi connectivity index (χ2v) is 4.83. The van der Waals surface area contributed by atoms with Crippen molar-refractivity contribution in [3.05, 3.63) is 53.9 Å². The van der Waals surface area contributed by atoms with Crippen LogP contribution in [-0.4, -0.2) is 36.4 Å². The maximum atomic E-state index is 11.8. The average molecular weight is 326 g/mol. The minimum atomic E-state index is -0.441. The summed E-state index contributed by atoms with van der Waals surface area (Å²) in [6, 6.07) is 8.55. The van der Waals surface area contributed by atoms with Gasteiger partial charge in [-0.2, -0.15) is 5.10 Å². The highest BCUT2D eigenvalue weighted by Crippen LogP contribution is 2.31. The normalized spacial score (nSPS) is 12.2. The Hall–Kier alpha value is -3.42. The van der Waals surface area contributed by atoms with Gasteiger partial charge in [-0.15, -0.1) is 0 Å². The second kappa shape index (κ2) is 7.23. The molecule has 1 aliphatic heterocycles. The number of nitrogens with zero attached hydrogens (tertiary/aromatic N) is 2. The van der Waals surface area contributed by atoms with Gasteiger partial charge in [0.05, 0.1) is 18.3 Å². The summed E-state index contributed by atoms with van der Waals surface area (Å²) in [6.07, 6.45) is 4.46. The second-order valence-electron chi connectivity index (χ2n) is 4.83. The van der Waals surface area contributed by atoms with Crippen LogP contribution < -0.4 is 20.2 Å². The summed E-state index contributed by atoms with van der Waals surface area (Å²) in [6.45, 7) is 0.00943. The number of benzene rings is 1. The van der Waals surface area contributed by atoms with Crippen LogP contribution in [0.2, 0.25) is 0 Å². The smallest absolute Gasteiger partial charge is 0.259 e. The van der Waals surface area contributed by atoms with Gasteiger partial charge >= 0.3 is 0 Å². The molecule has 122 valence electrons. The number of nitrogens with one attached hydrogen (secondary N) is 2. The Balaban J connectivity index is 1.46. The Kier molecular flexibility index (Phi) is 4.66. The van der Waals surface area contributed by atoms with Crippen molar-refractivity contribution in [2.24, 2.45) is 5.10 Å². The molecule has 1 aromatic heterocycles. The van der Waals surface area contributed by atoms with Crippen LogP contribution in [0.1, 0.15) is 15.9 Å². The zero-order valence-corrected chi connectivity index (χ0v) is 12.6. The number of hydrazone groups is 1. The first-order valence-corrected chi connectivity index (χ1v) is 7.12. The molecular formula is C16H14N4O4. The van der Waals surface area contributed by atoms with Gasteiger partial charge in [-0.05, 0) is 35.9 Å². The van der Waals surface area contributed by atoms with Crippen LogP contribution in [0.5, 0.6) is 11.5 Å². The van der Waals surface area contributed by atoms with E-state index in [4.69, 9.17) is 9.47 Å². The number of hydrogen-bond acceptors (Lipinski definition) is 6. The van der Waals surface area contributed by atoms with Crippen molar-refractivity contribution in [2.45, 2.75) is 0 Å². The van der Waals surface area contributed by atoms with E-state index in [1.807, 2.05) is 0 Å². The Morgan fingerprint density at radius 1 is 1.25 bits per heavy atom. The number of rotatable bonds is 5. The van der Waals surface area contributed by atoms with E-state index in [0.717, 1.165) is 5.56 Å². The van der Waals surface area contributed by atoms with Crippen molar-refractivity contribution in [3.63, 3.8) is 0 Å². The summed E-state index contributed by atoms with van der Waals surface area (Å²) in [5, 5.41) is 6.31. The fourth-order valence-corrected chi connectivity index (χ4v) is 1.97. The van der Waals surface area contributed by atoms with Gasteiger partial charge in [0, 0.05) is 12.4 Å². The predicted molar refractivity (Wildman–Crippen MR) is 84.9 cm³/mol. The van der Waals surface area contributed by atoms with E-state index in [1.54, 1.807) is 36.5 Å². The minimum Gasteiger partial charge on any atom is -0.454 e. The number of amides is 2. The minimum absolute atomic E-state index is 0.188. The number of carbonyl (C=O) groups excluding carboxylic acids is 2. The van der Waals surface area contributed by atoms with Crippen molar-refractivity contribution in [1.29, 1.82) is 0 Å². The lowest BCUT2D eigenvalue weighted by molar-refractivity contribution is -0.120. The van der Waals surface area contributed by atoms with Gasteiger partial charge in [-0.25, -0.2) is 5.43 Å². The number of hydrogen-bond donors (Lipinski definition) is 2. The number of carbonyl (C=O) groups is 2. The van der Waals surface area contributed by atoms with Crippen molar-refractivity contribution >= 4 is 18.0 Å². The molecule has 2 heterocycles. The summed E-state index contributed by atoms with van der Waals surface area (Å²) in [5.41, 5.74) is 3.47. The molecule has 0 atom stereocenters. The predicted octanol–water partition coefficient (Wildman–Crippen LogP) is 0.690. The molecule has 24 heavy (non-hydrogen) atoms. The molecule has 0 saturated carbocycles. The molecule has 3 rings (SSSR count). The molecule has 0 saturated heterocycles. The standard InChI is InChI=1S/C16H14N4O4/c21-15(9-18-16(22)12-2-1-5-17-8-12)20-19-7-11-3-4-13-14(6-11)24-10-23-13/h1-8H,9-10H2,(H,18,22)(H,20,21)/b19-7+. The van der Waals surface area contributed by atoms with Gasteiger partial charge < -0.3 is 14.8 Å². The molecule has 1 aliphatic rings. The van der Waals surface area contributed by atoms with Crippen molar-refractivity contribution in [1.82, 2.24) is 15.7 Å². The molecule has 0 radical (unpaired) electrons. The van der Waals surface area contributed by atoms with Crippen molar-refractivity contribution in [2.75, 3.05) is 13.3 Å². The van der Waals surface area contributed by atoms with E-state index in [0.29, 0.717) is 17.1 Å². The zero-order chi connectivity index (χ0) is 16.8. The first-order chi connectivity index (χ1) is 11.7. The highest BCUT2D eigenvalue weighted by atomic mass is 16.7. The zero-order valence-electron chi connectivity index (χ0n) is 12.6. The first kappa shape index (κ1) is 15.5. The fraction of sp³-hybridized carbons (Fsp3) is 0.125. The summed E-state index contributed by atoms with van der Waals surface area (Å²) < 4.78 is 10.5. The first-order valence-electron chi connectivity index (χ1n) is 7.12. The number of ether oxygens (including phenoxy) is 2. The third-order valence-corrected chi connectivity index (χ3v) is 3.13. The molecule has 2 N–H and O–H groups in total. The SMILES string of the molecule is O=C(CNC(=O)c1cccnc1)N/N=C/c1ccc2c(c1)OCO2. The van der Waals surface area contributed by atoms with Crippen LogP contribution >= 0.6 is 0 Å². The van der Waals surface area contributed by atoms with Crippen LogP contribution in [-0.2, 0) is 4.79 Å². The molecule has 8 nitrogen and oxygen atoms in total. The molecule has 1 aromatic carbocycles. The summed E-state index contributed by atoms with van der Waals surface area (Å²) in [7, 11) is 0. The van der Waals surface area contributed by atoms with Gasteiger partial charge in [0.2, 0.25) is 6.79 Å². The van der Waals surface area contributed by atoms with E-state index in [-0.39, 0.29) is 19.2 Å². The van der Waals surface area contributed by atoms with Gasteiger partial charge in [-0.3, -0.25) is 14.6 Å². The number of pyridine rings is 1. The maximum Gasteiger partial charge on any atom is 0.259 e. The van der Waals surface area contributed by atoms with Crippen LogP contribution in [0.25, 0.3) is 0 Å². The highest BCUT2D eigenvalue weighted by Gasteiger charge is 2.12. The van der Waals surface area contributed by atoms with E-state index in [1.165, 1.54) is 12.4 Å². The molecule has 0 aliphatic carbocycles. The monoisotopic (exact) mass is 326 g/mol. The van der Waals surface area contributed by atoms with Crippen molar-refractivity contribution < 1.29 is 19.1 Å². The Morgan fingerprint density at radius 3 is 2.96 bits per heavy atom. The highest BCUT2D eigenvalue weighted by molar-refractivity contribution is 5.96. The van der Waals surface area contributed by atoms with Crippen molar-refractivity contribution in [3.8, 4) is 11.5 Å². The molecule has 0 spiro atoms. The van der Waals surface area contributed by atoms with Gasteiger partial charge in [0.25, 0.3) is 11.8 Å². The summed E-state index contributed by atoms with van der Waals surface area (Å²) >= 11 is 0. The Morgan fingerprint density at radius 2 is 2.12 bits per heavy atom. The van der Waals surface area contributed by atoms with Crippen LogP contribution in [0, 0.1) is 0 Å². The molecular weight excluding hydrogens is 312 g/mol. The van der Waals surface area contributed by atoms with E-state index in [9.17, 15) is 9.59 Å². The number of aromatic nitrogens is 1. The largest absolute Gasteiger partial charge is 0.454 e. The van der Waals surface area contributed by atoms with Crippen LogP contribution in [0.3, 0.4) is 0 Å². The quantitative estimate of drug-likeness (QED) is 0.622. The Bertz CT molecular complexity index is 777. The molecule has 8 heteroatoms. The van der Waals surface area contributed by atoms with E-state index < -0.39 is 5.91 Å². The maximum absolute atomic E-state index is 11.8. The lowest BCUT2D eigenvalue weighted by Crippen LogP contribution is -2.34. The molecule has 0 fully saturated rings. The molecule has 2 amide bonds. The van der Waals surface area contributed by atoms with Crippen LogP contribution in [0.15, 0.2) is 47.8 Å². The number of fused-ring (bicyclic) bond motifs is 1. The summed E-state index contributed by atoms with van der Waals surface area (Å²) in [4.78, 5) is 27.3. The Labute approximate surface area is 137 Å². The lowest BCUT2D eigenvalue weighted by atomic mass is 10.2. The lowest BCUT2D eigenvalue weighted by Gasteiger charge is -2.03. The van der Waals surface area contributed by atoms with Gasteiger partial charge in [-0.1, -0.05) is 0 Å². The third-order valence-electron chi connectivity index (χ3n) is 3.13. The van der Waals surface area contributed by atoms with Gasteiger partial charge in [0.15, 0.2) is 11.5 Å². The van der Waals surface area contributed by atoms with Gasteiger partial charge in [0.1, 0.15) is 0 Å². The molecule has 0 unspecified atom stereocenters. The fourth-order valence-electron chi connectivity index (χ4n) is 1.97. The van der Waals surface area contributed by atoms with E-state index >= 15 is 0 Å². The average Bonchev–Trinajstić information content (AvgIpc) is 3.08. The molecule has 2 aromatic rings. The third kappa shape index (κ3) is 3.86. The topological polar surface area (TPSA) is 102 Å². The van der Waals surface area contributed by atoms with E-state index in [2.05, 4.69) is 20.8 Å².